The largest absolute Gasteiger partial charge is 0.435 e. The Kier molecular flexibility index (Phi) is 5.92. The number of rotatable bonds is 6. The Balaban J connectivity index is 1.71. The van der Waals surface area contributed by atoms with E-state index in [4.69, 9.17) is 0 Å². The topological polar surface area (TPSA) is 27.3 Å². The summed E-state index contributed by atoms with van der Waals surface area (Å²) in [6, 6.07) is 13.1. The molecule has 0 fully saturated rings. The molecule has 1 aliphatic heterocycles. The Labute approximate surface area is 171 Å². The summed E-state index contributed by atoms with van der Waals surface area (Å²) in [5.74, 6) is 1.33. The van der Waals surface area contributed by atoms with Crippen LogP contribution in [-0.4, -0.2) is 17.8 Å². The van der Waals surface area contributed by atoms with Gasteiger partial charge in [0.25, 0.3) is 5.82 Å². The van der Waals surface area contributed by atoms with Gasteiger partial charge < -0.3 is 9.47 Å². The maximum absolute atomic E-state index is 12.4. The Bertz CT molecular complexity index is 908. The van der Waals surface area contributed by atoms with Gasteiger partial charge in [0.15, 0.2) is 5.69 Å². The molecule has 2 aromatic carbocycles. The fourth-order valence-electron chi connectivity index (χ4n) is 3.82. The van der Waals surface area contributed by atoms with Crippen LogP contribution in [0.25, 0.3) is 16.9 Å². The first-order valence-corrected chi connectivity index (χ1v) is 9.76. The zero-order chi connectivity index (χ0) is 21.1. The number of imidazole rings is 1. The Morgan fingerprint density at radius 1 is 0.767 bits per heavy atom. The minimum absolute atomic E-state index is 0.106. The second-order valence-corrected chi connectivity index (χ2v) is 7.04. The standard InChI is InChI=1S/C22H21F4N2O2/c23-21(24)29-17-9-5-15(6-10-17)19-14-28(20-4-2-1-3-13-27(19)20)16-7-11-18(12-8-16)30-22(25)26/h5-12,14,21-22H,1-4,13H2/q+1. The van der Waals surface area contributed by atoms with Crippen LogP contribution in [0.3, 0.4) is 0 Å². The minimum Gasteiger partial charge on any atom is -0.435 e. The molecule has 8 heteroatoms. The zero-order valence-electron chi connectivity index (χ0n) is 16.1. The van der Waals surface area contributed by atoms with Gasteiger partial charge in [-0.05, 0) is 67.8 Å². The van der Waals surface area contributed by atoms with E-state index in [1.807, 2.05) is 6.20 Å². The molecule has 0 bridgehead atoms. The summed E-state index contributed by atoms with van der Waals surface area (Å²) in [6.07, 6.45) is 6.08. The smallest absolute Gasteiger partial charge is 0.387 e. The molecule has 158 valence electrons. The molecule has 0 saturated heterocycles. The van der Waals surface area contributed by atoms with E-state index in [9.17, 15) is 17.6 Å². The summed E-state index contributed by atoms with van der Waals surface area (Å²) in [7, 11) is 0. The first-order valence-electron chi connectivity index (χ1n) is 9.76. The third-order valence-electron chi connectivity index (χ3n) is 5.13. The molecule has 1 aliphatic rings. The average molecular weight is 421 g/mol. The molecule has 0 aliphatic carbocycles. The van der Waals surface area contributed by atoms with Gasteiger partial charge in [-0.3, -0.25) is 0 Å². The van der Waals surface area contributed by atoms with Gasteiger partial charge in [-0.15, -0.1) is 0 Å². The highest BCUT2D eigenvalue weighted by Gasteiger charge is 2.27. The van der Waals surface area contributed by atoms with Gasteiger partial charge in [-0.1, -0.05) is 0 Å². The van der Waals surface area contributed by atoms with E-state index in [1.54, 1.807) is 24.3 Å². The summed E-state index contributed by atoms with van der Waals surface area (Å²) in [4.78, 5) is 0. The lowest BCUT2D eigenvalue weighted by Crippen LogP contribution is -2.38. The van der Waals surface area contributed by atoms with Gasteiger partial charge in [0.2, 0.25) is 0 Å². The summed E-state index contributed by atoms with van der Waals surface area (Å²) in [6.45, 7) is -4.88. The molecule has 0 N–H and O–H groups in total. The number of nitrogens with zero attached hydrogens (tertiary/aromatic N) is 2. The maximum atomic E-state index is 12.4. The van der Waals surface area contributed by atoms with Crippen LogP contribution in [0.2, 0.25) is 0 Å². The molecular weight excluding hydrogens is 400 g/mol. The van der Waals surface area contributed by atoms with Crippen molar-refractivity contribution in [1.29, 1.82) is 0 Å². The fourth-order valence-corrected chi connectivity index (χ4v) is 3.82. The fraction of sp³-hybridized carbons (Fsp3) is 0.318. The van der Waals surface area contributed by atoms with Crippen LogP contribution < -0.4 is 14.0 Å². The molecule has 0 spiro atoms. The first kappa shape index (κ1) is 20.3. The van der Waals surface area contributed by atoms with Crippen LogP contribution in [0.15, 0.2) is 54.7 Å². The number of hydrogen-bond acceptors (Lipinski definition) is 2. The number of alkyl halides is 4. The number of hydrogen-bond donors (Lipinski definition) is 0. The second kappa shape index (κ2) is 8.77. The molecule has 0 saturated carbocycles. The summed E-state index contributed by atoms with van der Waals surface area (Å²) in [5.41, 5.74) is 2.69. The van der Waals surface area contributed by atoms with Crippen LogP contribution in [0.4, 0.5) is 17.6 Å². The average Bonchev–Trinajstić information content (AvgIpc) is 2.90. The van der Waals surface area contributed by atoms with Crippen molar-refractivity contribution in [3.8, 4) is 28.4 Å². The van der Waals surface area contributed by atoms with Crippen LogP contribution in [0, 0.1) is 0 Å². The van der Waals surface area contributed by atoms with Crippen LogP contribution in [-0.2, 0) is 13.0 Å². The summed E-state index contributed by atoms with van der Waals surface area (Å²) < 4.78 is 62.9. The molecule has 1 aromatic heterocycles. The molecule has 4 rings (SSSR count). The van der Waals surface area contributed by atoms with E-state index in [-0.39, 0.29) is 11.5 Å². The number of aromatic nitrogens is 2. The van der Waals surface area contributed by atoms with E-state index in [0.717, 1.165) is 55.0 Å². The van der Waals surface area contributed by atoms with Crippen LogP contribution >= 0.6 is 0 Å². The lowest BCUT2D eigenvalue weighted by atomic mass is 10.1. The van der Waals surface area contributed by atoms with Gasteiger partial charge in [0.1, 0.15) is 23.4 Å². The molecule has 0 amide bonds. The third-order valence-corrected chi connectivity index (χ3v) is 5.13. The first-order chi connectivity index (χ1) is 14.5. The Hall–Kier alpha value is -3.03. The summed E-state index contributed by atoms with van der Waals surface area (Å²) >= 11 is 0. The van der Waals surface area contributed by atoms with E-state index < -0.39 is 13.2 Å². The highest BCUT2D eigenvalue weighted by molar-refractivity contribution is 5.58. The van der Waals surface area contributed by atoms with Gasteiger partial charge in [0.05, 0.1) is 6.54 Å². The van der Waals surface area contributed by atoms with E-state index in [2.05, 4.69) is 18.6 Å². The van der Waals surface area contributed by atoms with Gasteiger partial charge in [-0.2, -0.15) is 22.1 Å². The number of benzene rings is 2. The predicted molar refractivity (Wildman–Crippen MR) is 102 cm³/mol. The highest BCUT2D eigenvalue weighted by Crippen LogP contribution is 2.26. The van der Waals surface area contributed by atoms with E-state index in [1.165, 1.54) is 24.3 Å². The lowest BCUT2D eigenvalue weighted by Gasteiger charge is -2.06. The Morgan fingerprint density at radius 2 is 1.37 bits per heavy atom. The van der Waals surface area contributed by atoms with Crippen LogP contribution in [0.5, 0.6) is 11.5 Å². The number of fused-ring (bicyclic) bond motifs is 1. The maximum Gasteiger partial charge on any atom is 0.387 e. The van der Waals surface area contributed by atoms with Gasteiger partial charge >= 0.3 is 13.2 Å². The van der Waals surface area contributed by atoms with Crippen LogP contribution in [0.1, 0.15) is 25.1 Å². The monoisotopic (exact) mass is 421 g/mol. The molecule has 30 heavy (non-hydrogen) atoms. The van der Waals surface area contributed by atoms with Crippen molar-refractivity contribution < 1.29 is 31.6 Å². The second-order valence-electron chi connectivity index (χ2n) is 7.04. The van der Waals surface area contributed by atoms with Crippen molar-refractivity contribution in [2.24, 2.45) is 0 Å². The van der Waals surface area contributed by atoms with Crippen molar-refractivity contribution in [2.75, 3.05) is 0 Å². The SMILES string of the molecule is FC(F)Oc1ccc(-c2cn(-c3ccc(OC(F)F)cc3)c3[n+]2CCCCC3)cc1. The molecular formula is C22H21F4N2O2+. The quantitative estimate of drug-likeness (QED) is 0.396. The lowest BCUT2D eigenvalue weighted by molar-refractivity contribution is -0.692. The summed E-state index contributed by atoms with van der Waals surface area (Å²) in [5, 5.41) is 0. The van der Waals surface area contributed by atoms with Crippen molar-refractivity contribution >= 4 is 0 Å². The van der Waals surface area contributed by atoms with E-state index in [0.29, 0.717) is 0 Å². The molecule has 0 atom stereocenters. The van der Waals surface area contributed by atoms with Crippen molar-refractivity contribution in [2.45, 2.75) is 45.5 Å². The van der Waals surface area contributed by atoms with Crippen molar-refractivity contribution in [3.05, 3.63) is 60.6 Å². The highest BCUT2D eigenvalue weighted by atomic mass is 19.3. The van der Waals surface area contributed by atoms with Crippen molar-refractivity contribution in [3.63, 3.8) is 0 Å². The molecule has 4 nitrogen and oxygen atoms in total. The minimum atomic E-state index is -2.86. The Morgan fingerprint density at radius 3 is 1.97 bits per heavy atom. The molecule has 3 aromatic rings. The van der Waals surface area contributed by atoms with E-state index >= 15 is 0 Å². The van der Waals surface area contributed by atoms with Gasteiger partial charge in [-0.25, -0.2) is 4.57 Å². The normalized spacial score (nSPS) is 13.9. The number of halogens is 4. The zero-order valence-corrected chi connectivity index (χ0v) is 16.1. The van der Waals surface area contributed by atoms with Crippen molar-refractivity contribution in [1.82, 2.24) is 4.57 Å². The molecule has 0 unspecified atom stereocenters. The third kappa shape index (κ3) is 4.42. The predicted octanol–water partition coefficient (Wildman–Crippen LogP) is 5.36. The molecule has 2 heterocycles. The van der Waals surface area contributed by atoms with Gasteiger partial charge in [0, 0.05) is 12.0 Å². The molecule has 0 radical (unpaired) electrons. The number of ether oxygens (including phenoxy) is 2.